The van der Waals surface area contributed by atoms with E-state index in [1.165, 1.54) is 11.1 Å². The highest BCUT2D eigenvalue weighted by Gasteiger charge is 2.09. The van der Waals surface area contributed by atoms with Gasteiger partial charge < -0.3 is 5.11 Å². The Labute approximate surface area is 148 Å². The van der Waals surface area contributed by atoms with Crippen LogP contribution in [-0.4, -0.2) is 16.0 Å². The van der Waals surface area contributed by atoms with Gasteiger partial charge in [0.15, 0.2) is 0 Å². The normalized spacial score (nSPS) is 10.8. The minimum atomic E-state index is -0.892. The third-order valence-electron chi connectivity index (χ3n) is 4.11. The van der Waals surface area contributed by atoms with Crippen molar-refractivity contribution in [3.8, 4) is 0 Å². The van der Waals surface area contributed by atoms with Gasteiger partial charge in [-0.25, -0.2) is 4.79 Å². The number of carboxylic acid groups (broad SMARTS) is 1. The quantitative estimate of drug-likeness (QED) is 0.688. The summed E-state index contributed by atoms with van der Waals surface area (Å²) in [4.78, 5) is 13.4. The predicted molar refractivity (Wildman–Crippen MR) is 99.2 cm³/mol. The second-order valence-electron chi connectivity index (χ2n) is 6.12. The summed E-state index contributed by atoms with van der Waals surface area (Å²) in [7, 11) is 0. The fourth-order valence-electron chi connectivity index (χ4n) is 2.86. The van der Waals surface area contributed by atoms with Gasteiger partial charge in [-0.1, -0.05) is 72.8 Å². The lowest BCUT2D eigenvalue weighted by atomic mass is 10.1. The van der Waals surface area contributed by atoms with Gasteiger partial charge in [-0.2, -0.15) is 0 Å². The largest absolute Gasteiger partial charge is 0.478 e. The van der Waals surface area contributed by atoms with E-state index in [4.69, 9.17) is 5.11 Å². The van der Waals surface area contributed by atoms with E-state index in [1.807, 2.05) is 24.3 Å². The second kappa shape index (κ2) is 8.27. The van der Waals surface area contributed by atoms with E-state index in [1.54, 1.807) is 12.1 Å². The van der Waals surface area contributed by atoms with E-state index >= 15 is 0 Å². The first-order valence-corrected chi connectivity index (χ1v) is 8.33. The molecule has 0 aliphatic rings. The molecule has 3 aromatic rings. The molecule has 1 N–H and O–H groups in total. The van der Waals surface area contributed by atoms with Crippen LogP contribution < -0.4 is 0 Å². The summed E-state index contributed by atoms with van der Waals surface area (Å²) in [5.41, 5.74) is 3.96. The van der Waals surface area contributed by atoms with E-state index in [9.17, 15) is 4.79 Å². The molecule has 0 amide bonds. The molecule has 0 heterocycles. The summed E-state index contributed by atoms with van der Waals surface area (Å²) in [6.07, 6.45) is 0. The molecule has 3 heteroatoms. The van der Waals surface area contributed by atoms with Crippen LogP contribution in [-0.2, 0) is 19.6 Å². The van der Waals surface area contributed by atoms with Gasteiger partial charge in [0, 0.05) is 19.6 Å². The molecule has 0 aliphatic heterocycles. The summed E-state index contributed by atoms with van der Waals surface area (Å²) in [6, 6.07) is 27.9. The Hall–Kier alpha value is -2.91. The average molecular weight is 331 g/mol. The van der Waals surface area contributed by atoms with E-state index < -0.39 is 5.97 Å². The molecule has 126 valence electrons. The van der Waals surface area contributed by atoms with Crippen molar-refractivity contribution in [3.63, 3.8) is 0 Å². The number of carbonyl (C=O) groups is 1. The molecule has 0 saturated heterocycles. The smallest absolute Gasteiger partial charge is 0.335 e. The highest BCUT2D eigenvalue weighted by molar-refractivity contribution is 5.87. The Morgan fingerprint density at radius 2 is 1.04 bits per heavy atom. The third kappa shape index (κ3) is 5.03. The van der Waals surface area contributed by atoms with Crippen LogP contribution in [0.15, 0.2) is 84.9 Å². The number of rotatable bonds is 7. The summed E-state index contributed by atoms with van der Waals surface area (Å²) >= 11 is 0. The van der Waals surface area contributed by atoms with Crippen molar-refractivity contribution in [1.29, 1.82) is 0 Å². The van der Waals surface area contributed by atoms with Crippen LogP contribution in [0.2, 0.25) is 0 Å². The van der Waals surface area contributed by atoms with E-state index in [0.717, 1.165) is 25.2 Å². The molecule has 0 aliphatic carbocycles. The number of hydrogen-bond acceptors (Lipinski definition) is 2. The van der Waals surface area contributed by atoms with Crippen LogP contribution in [0.4, 0.5) is 0 Å². The highest BCUT2D eigenvalue weighted by atomic mass is 16.4. The maximum absolute atomic E-state index is 11.0. The van der Waals surface area contributed by atoms with Crippen LogP contribution in [0, 0.1) is 0 Å². The maximum atomic E-state index is 11.0. The summed E-state index contributed by atoms with van der Waals surface area (Å²) in [5.74, 6) is -0.892. The van der Waals surface area contributed by atoms with Gasteiger partial charge in [0.2, 0.25) is 0 Å². The van der Waals surface area contributed by atoms with Gasteiger partial charge in [-0.15, -0.1) is 0 Å². The fourth-order valence-corrected chi connectivity index (χ4v) is 2.86. The Kier molecular flexibility index (Phi) is 5.60. The molecule has 3 rings (SSSR count). The van der Waals surface area contributed by atoms with Crippen molar-refractivity contribution in [2.24, 2.45) is 0 Å². The maximum Gasteiger partial charge on any atom is 0.335 e. The molecule has 0 aromatic heterocycles. The summed E-state index contributed by atoms with van der Waals surface area (Å²) in [5, 5.41) is 9.04. The van der Waals surface area contributed by atoms with Gasteiger partial charge in [-0.05, 0) is 28.8 Å². The van der Waals surface area contributed by atoms with Gasteiger partial charge in [0.05, 0.1) is 5.56 Å². The zero-order chi connectivity index (χ0) is 17.5. The fraction of sp³-hybridized carbons (Fsp3) is 0.136. The molecule has 25 heavy (non-hydrogen) atoms. The Morgan fingerprint density at radius 3 is 1.44 bits per heavy atom. The standard InChI is InChI=1S/C22H21NO2/c24-22(25)21-13-11-20(12-14-21)17-23(15-18-7-3-1-4-8-18)16-19-9-5-2-6-10-19/h1-14H,15-17H2,(H,24,25). The van der Waals surface area contributed by atoms with E-state index in [2.05, 4.69) is 53.4 Å². The molecule has 3 aromatic carbocycles. The van der Waals surface area contributed by atoms with Crippen LogP contribution >= 0.6 is 0 Å². The number of benzene rings is 3. The van der Waals surface area contributed by atoms with Crippen molar-refractivity contribution >= 4 is 5.97 Å². The van der Waals surface area contributed by atoms with Gasteiger partial charge in [-0.3, -0.25) is 4.90 Å². The molecule has 3 nitrogen and oxygen atoms in total. The Bertz CT molecular complexity index is 757. The van der Waals surface area contributed by atoms with Crippen LogP contribution in [0.3, 0.4) is 0 Å². The number of hydrogen-bond donors (Lipinski definition) is 1. The van der Waals surface area contributed by atoms with Crippen LogP contribution in [0.25, 0.3) is 0 Å². The van der Waals surface area contributed by atoms with Gasteiger partial charge in [0.1, 0.15) is 0 Å². The van der Waals surface area contributed by atoms with Crippen molar-refractivity contribution in [2.75, 3.05) is 0 Å². The monoisotopic (exact) mass is 331 g/mol. The first-order chi connectivity index (χ1) is 12.2. The lowest BCUT2D eigenvalue weighted by Crippen LogP contribution is -2.22. The highest BCUT2D eigenvalue weighted by Crippen LogP contribution is 2.15. The third-order valence-corrected chi connectivity index (χ3v) is 4.11. The van der Waals surface area contributed by atoms with Gasteiger partial charge in [0.25, 0.3) is 0 Å². The second-order valence-corrected chi connectivity index (χ2v) is 6.12. The van der Waals surface area contributed by atoms with Crippen molar-refractivity contribution < 1.29 is 9.90 Å². The molecule has 0 atom stereocenters. The van der Waals surface area contributed by atoms with Crippen molar-refractivity contribution in [3.05, 3.63) is 107 Å². The average Bonchev–Trinajstić information content (AvgIpc) is 2.64. The zero-order valence-electron chi connectivity index (χ0n) is 14.0. The summed E-state index contributed by atoms with van der Waals surface area (Å²) < 4.78 is 0. The molecule has 0 unspecified atom stereocenters. The van der Waals surface area contributed by atoms with Crippen LogP contribution in [0.5, 0.6) is 0 Å². The number of aromatic carboxylic acids is 1. The molecular formula is C22H21NO2. The van der Waals surface area contributed by atoms with E-state index in [0.29, 0.717) is 5.56 Å². The molecule has 0 bridgehead atoms. The van der Waals surface area contributed by atoms with Crippen molar-refractivity contribution in [2.45, 2.75) is 19.6 Å². The van der Waals surface area contributed by atoms with Gasteiger partial charge >= 0.3 is 5.97 Å². The topological polar surface area (TPSA) is 40.5 Å². The Morgan fingerprint density at radius 1 is 0.640 bits per heavy atom. The molecule has 0 fully saturated rings. The molecule has 0 spiro atoms. The first kappa shape index (κ1) is 16.9. The lowest BCUT2D eigenvalue weighted by Gasteiger charge is -2.23. The summed E-state index contributed by atoms with van der Waals surface area (Å²) in [6.45, 7) is 2.45. The zero-order valence-corrected chi connectivity index (χ0v) is 14.0. The number of carboxylic acids is 1. The predicted octanol–water partition coefficient (Wildman–Crippen LogP) is 4.59. The molecule has 0 saturated carbocycles. The van der Waals surface area contributed by atoms with Crippen molar-refractivity contribution in [1.82, 2.24) is 4.90 Å². The SMILES string of the molecule is O=C(O)c1ccc(CN(Cc2ccccc2)Cc2ccccc2)cc1. The minimum Gasteiger partial charge on any atom is -0.478 e. The van der Waals surface area contributed by atoms with Crippen LogP contribution in [0.1, 0.15) is 27.0 Å². The molecule has 0 radical (unpaired) electrons. The minimum absolute atomic E-state index is 0.321. The number of nitrogens with zero attached hydrogens (tertiary/aromatic N) is 1. The first-order valence-electron chi connectivity index (χ1n) is 8.33. The lowest BCUT2D eigenvalue weighted by molar-refractivity contribution is 0.0697. The Balaban J connectivity index is 1.76. The van der Waals surface area contributed by atoms with E-state index in [-0.39, 0.29) is 0 Å². The molecular weight excluding hydrogens is 310 g/mol.